The molecule has 0 radical (unpaired) electrons. The third kappa shape index (κ3) is 2.77. The first-order valence-corrected chi connectivity index (χ1v) is 9.38. The number of carbonyl (C=O) groups excluding carboxylic acids is 1. The Morgan fingerprint density at radius 2 is 1.83 bits per heavy atom. The molecule has 1 heterocycles. The van der Waals surface area contributed by atoms with E-state index >= 15 is 0 Å². The highest BCUT2D eigenvalue weighted by molar-refractivity contribution is 6.43. The molecule has 1 unspecified atom stereocenters. The van der Waals surface area contributed by atoms with Gasteiger partial charge in [-0.3, -0.25) is 4.79 Å². The summed E-state index contributed by atoms with van der Waals surface area (Å²) in [6.45, 7) is 1.87. The first-order chi connectivity index (χ1) is 11.1. The summed E-state index contributed by atoms with van der Waals surface area (Å²) in [5, 5.41) is 4.23. The summed E-state index contributed by atoms with van der Waals surface area (Å²) in [6, 6.07) is 5.98. The second-order valence-electron chi connectivity index (χ2n) is 7.18. The SMILES string of the molecule is O=C(c1cccc(Cl)c1Cl)N(C1C[C@H]2CC[C@H]2C1)[C@H]1CCNC1. The number of fused-ring (bicyclic) bond motifs is 1. The summed E-state index contributed by atoms with van der Waals surface area (Å²) >= 11 is 12.4. The van der Waals surface area contributed by atoms with E-state index in [1.54, 1.807) is 12.1 Å². The number of amides is 1. The van der Waals surface area contributed by atoms with Crippen LogP contribution in [0, 0.1) is 11.8 Å². The molecule has 1 aromatic carbocycles. The zero-order valence-electron chi connectivity index (χ0n) is 13.1. The van der Waals surface area contributed by atoms with Crippen LogP contribution >= 0.6 is 23.2 Å². The fourth-order valence-corrected chi connectivity index (χ4v) is 4.98. The van der Waals surface area contributed by atoms with Gasteiger partial charge in [0, 0.05) is 18.6 Å². The highest BCUT2D eigenvalue weighted by Gasteiger charge is 2.45. The average molecular weight is 353 g/mol. The molecule has 1 saturated heterocycles. The average Bonchev–Trinajstić information content (AvgIpc) is 3.13. The number of nitrogens with zero attached hydrogens (tertiary/aromatic N) is 1. The van der Waals surface area contributed by atoms with Gasteiger partial charge in [0.15, 0.2) is 0 Å². The maximum atomic E-state index is 13.3. The Bertz CT molecular complexity index is 603. The lowest BCUT2D eigenvalue weighted by Gasteiger charge is -2.34. The molecule has 1 amide bonds. The van der Waals surface area contributed by atoms with Gasteiger partial charge < -0.3 is 10.2 Å². The van der Waals surface area contributed by atoms with Crippen LogP contribution in [0.25, 0.3) is 0 Å². The monoisotopic (exact) mass is 352 g/mol. The molecule has 0 bridgehead atoms. The van der Waals surface area contributed by atoms with Gasteiger partial charge in [-0.2, -0.15) is 0 Å². The molecule has 5 heteroatoms. The lowest BCUT2D eigenvalue weighted by Crippen LogP contribution is -2.47. The van der Waals surface area contributed by atoms with Crippen LogP contribution in [0.5, 0.6) is 0 Å². The van der Waals surface area contributed by atoms with Gasteiger partial charge in [0.1, 0.15) is 0 Å². The van der Waals surface area contributed by atoms with Crippen LogP contribution in [0.3, 0.4) is 0 Å². The second-order valence-corrected chi connectivity index (χ2v) is 7.97. The third-order valence-corrected chi connectivity index (χ3v) is 6.78. The van der Waals surface area contributed by atoms with E-state index in [1.807, 2.05) is 6.07 Å². The van der Waals surface area contributed by atoms with Crippen LogP contribution in [-0.2, 0) is 0 Å². The van der Waals surface area contributed by atoms with Crippen molar-refractivity contribution in [1.82, 2.24) is 10.2 Å². The van der Waals surface area contributed by atoms with E-state index in [0.717, 1.165) is 44.2 Å². The van der Waals surface area contributed by atoms with Crippen LogP contribution in [0.2, 0.25) is 10.0 Å². The highest BCUT2D eigenvalue weighted by atomic mass is 35.5. The van der Waals surface area contributed by atoms with E-state index in [4.69, 9.17) is 23.2 Å². The fourth-order valence-electron chi connectivity index (χ4n) is 4.60. The molecule has 2 saturated carbocycles. The van der Waals surface area contributed by atoms with Crippen molar-refractivity contribution >= 4 is 29.1 Å². The van der Waals surface area contributed by atoms with Gasteiger partial charge in [-0.1, -0.05) is 29.3 Å². The van der Waals surface area contributed by atoms with E-state index in [-0.39, 0.29) is 11.9 Å². The maximum Gasteiger partial charge on any atom is 0.255 e. The third-order valence-electron chi connectivity index (χ3n) is 5.96. The minimum Gasteiger partial charge on any atom is -0.331 e. The van der Waals surface area contributed by atoms with E-state index < -0.39 is 0 Å². The first-order valence-electron chi connectivity index (χ1n) is 8.62. The maximum absolute atomic E-state index is 13.3. The number of halogens is 2. The van der Waals surface area contributed by atoms with Crippen LogP contribution < -0.4 is 5.32 Å². The number of nitrogens with one attached hydrogen (secondary N) is 1. The summed E-state index contributed by atoms with van der Waals surface area (Å²) in [7, 11) is 0. The van der Waals surface area contributed by atoms with Crippen molar-refractivity contribution < 1.29 is 4.79 Å². The van der Waals surface area contributed by atoms with Crippen molar-refractivity contribution in [2.75, 3.05) is 13.1 Å². The summed E-state index contributed by atoms with van der Waals surface area (Å²) in [5.41, 5.74) is 0.547. The van der Waals surface area contributed by atoms with Gasteiger partial charge >= 0.3 is 0 Å². The molecule has 1 aliphatic heterocycles. The standard InChI is InChI=1S/C18H22Cl2N2O/c19-16-3-1-2-15(17(16)20)18(23)22(13-6-7-21-10-13)14-8-11-4-5-12(11)9-14/h1-3,11-14,21H,4-10H2/t11-,12+,13-,14?/m0/s1. The van der Waals surface area contributed by atoms with Crippen molar-refractivity contribution in [2.45, 2.75) is 44.2 Å². The summed E-state index contributed by atoms with van der Waals surface area (Å²) in [4.78, 5) is 15.4. The zero-order chi connectivity index (χ0) is 16.0. The molecule has 0 aromatic heterocycles. The zero-order valence-corrected chi connectivity index (χ0v) is 14.6. The van der Waals surface area contributed by atoms with Crippen LogP contribution in [0.4, 0.5) is 0 Å². The predicted molar refractivity (Wildman–Crippen MR) is 93.1 cm³/mol. The lowest BCUT2D eigenvalue weighted by atomic mass is 9.77. The molecule has 3 aliphatic rings. The minimum absolute atomic E-state index is 0.0532. The van der Waals surface area contributed by atoms with Gasteiger partial charge in [0.2, 0.25) is 0 Å². The quantitative estimate of drug-likeness (QED) is 0.891. The number of hydrogen-bond donors (Lipinski definition) is 1. The van der Waals surface area contributed by atoms with Crippen LogP contribution in [0.1, 0.15) is 42.5 Å². The van der Waals surface area contributed by atoms with Crippen molar-refractivity contribution in [1.29, 1.82) is 0 Å². The number of rotatable bonds is 3. The highest BCUT2D eigenvalue weighted by Crippen LogP contribution is 2.49. The molecule has 4 rings (SSSR count). The van der Waals surface area contributed by atoms with E-state index in [1.165, 1.54) is 12.8 Å². The molecule has 1 aromatic rings. The molecule has 4 atom stereocenters. The van der Waals surface area contributed by atoms with Crippen molar-refractivity contribution in [2.24, 2.45) is 11.8 Å². The molecule has 3 nitrogen and oxygen atoms in total. The summed E-state index contributed by atoms with van der Waals surface area (Å²) < 4.78 is 0. The summed E-state index contributed by atoms with van der Waals surface area (Å²) in [6.07, 6.45) is 6.01. The topological polar surface area (TPSA) is 32.3 Å². The number of hydrogen-bond acceptors (Lipinski definition) is 2. The molecular weight excluding hydrogens is 331 g/mol. The molecule has 1 N–H and O–H groups in total. The van der Waals surface area contributed by atoms with Gasteiger partial charge in [-0.25, -0.2) is 0 Å². The molecule has 3 fully saturated rings. The Hall–Kier alpha value is -0.770. The van der Waals surface area contributed by atoms with Gasteiger partial charge in [-0.15, -0.1) is 0 Å². The van der Waals surface area contributed by atoms with Crippen LogP contribution in [0.15, 0.2) is 18.2 Å². The lowest BCUT2D eigenvalue weighted by molar-refractivity contribution is 0.0590. The minimum atomic E-state index is 0.0532. The van der Waals surface area contributed by atoms with Gasteiger partial charge in [-0.05, 0) is 62.6 Å². The second kappa shape index (κ2) is 6.27. The smallest absolute Gasteiger partial charge is 0.255 e. The Morgan fingerprint density at radius 3 is 2.43 bits per heavy atom. The van der Waals surface area contributed by atoms with E-state index in [2.05, 4.69) is 10.2 Å². The van der Waals surface area contributed by atoms with E-state index in [9.17, 15) is 4.79 Å². The Morgan fingerprint density at radius 1 is 1.09 bits per heavy atom. The normalized spacial score (nSPS) is 32.4. The summed E-state index contributed by atoms with van der Waals surface area (Å²) in [5.74, 6) is 1.72. The fraction of sp³-hybridized carbons (Fsp3) is 0.611. The Labute approximate surface area is 147 Å². The Balaban J connectivity index is 1.64. The largest absolute Gasteiger partial charge is 0.331 e. The van der Waals surface area contributed by atoms with Crippen molar-refractivity contribution in [3.8, 4) is 0 Å². The first kappa shape index (κ1) is 15.7. The molecule has 23 heavy (non-hydrogen) atoms. The Kier molecular flexibility index (Phi) is 4.29. The van der Waals surface area contributed by atoms with E-state index in [0.29, 0.717) is 21.7 Å². The molecular formula is C18H22Cl2N2O. The van der Waals surface area contributed by atoms with Gasteiger partial charge in [0.25, 0.3) is 5.91 Å². The number of carbonyl (C=O) groups is 1. The van der Waals surface area contributed by atoms with Crippen molar-refractivity contribution in [3.63, 3.8) is 0 Å². The van der Waals surface area contributed by atoms with Gasteiger partial charge in [0.05, 0.1) is 15.6 Å². The number of benzene rings is 1. The molecule has 0 spiro atoms. The van der Waals surface area contributed by atoms with Crippen LogP contribution in [-0.4, -0.2) is 36.0 Å². The predicted octanol–water partition coefficient (Wildman–Crippen LogP) is 3.99. The van der Waals surface area contributed by atoms with Crippen molar-refractivity contribution in [3.05, 3.63) is 33.8 Å². The molecule has 124 valence electrons. The molecule has 2 aliphatic carbocycles.